The van der Waals surface area contributed by atoms with Crippen molar-refractivity contribution in [1.29, 1.82) is 0 Å². The van der Waals surface area contributed by atoms with Crippen molar-refractivity contribution in [2.75, 3.05) is 0 Å². The first-order valence-corrected chi connectivity index (χ1v) is 9.79. The van der Waals surface area contributed by atoms with Gasteiger partial charge >= 0.3 is 0 Å². The molecule has 0 saturated heterocycles. The fourth-order valence-electron chi connectivity index (χ4n) is 3.19. The van der Waals surface area contributed by atoms with Gasteiger partial charge in [0, 0.05) is 24.2 Å². The highest BCUT2D eigenvalue weighted by Crippen LogP contribution is 2.21. The van der Waals surface area contributed by atoms with Gasteiger partial charge in [-0.25, -0.2) is 4.39 Å². The van der Waals surface area contributed by atoms with Crippen molar-refractivity contribution >= 4 is 17.5 Å². The van der Waals surface area contributed by atoms with Crippen LogP contribution >= 0.6 is 0 Å². The second kappa shape index (κ2) is 10.5. The number of halogens is 1. The summed E-state index contributed by atoms with van der Waals surface area (Å²) < 4.78 is 13.3. The topological polar surface area (TPSA) is 92.6 Å². The molecule has 7 nitrogen and oxygen atoms in total. The van der Waals surface area contributed by atoms with Crippen molar-refractivity contribution in [2.45, 2.75) is 52.2 Å². The zero-order valence-corrected chi connectivity index (χ0v) is 17.3. The van der Waals surface area contributed by atoms with Crippen molar-refractivity contribution in [3.63, 3.8) is 0 Å². The predicted octanol–water partition coefficient (Wildman–Crippen LogP) is 3.61. The first kappa shape index (κ1) is 23.0. The van der Waals surface area contributed by atoms with E-state index in [1.54, 1.807) is 25.1 Å². The first-order chi connectivity index (χ1) is 14.2. The number of nitrogens with zero attached hydrogens (tertiary/aromatic N) is 2. The Kier molecular flexibility index (Phi) is 8.03. The average molecular weight is 415 g/mol. The molecule has 2 rings (SSSR count). The fraction of sp³-hybridized carbons (Fsp3) is 0.364. The van der Waals surface area contributed by atoms with Gasteiger partial charge < -0.3 is 10.2 Å². The van der Waals surface area contributed by atoms with Crippen molar-refractivity contribution < 1.29 is 18.9 Å². The van der Waals surface area contributed by atoms with Crippen LogP contribution in [0.15, 0.2) is 48.5 Å². The Balaban J connectivity index is 2.36. The number of carbonyl (C=O) groups is 2. The third-order valence-corrected chi connectivity index (χ3v) is 4.61. The van der Waals surface area contributed by atoms with Crippen molar-refractivity contribution in [2.24, 2.45) is 0 Å². The summed E-state index contributed by atoms with van der Waals surface area (Å²) in [4.78, 5) is 38.1. The molecule has 0 aromatic heterocycles. The second-order valence-electron chi connectivity index (χ2n) is 7.30. The molecular weight excluding hydrogens is 389 g/mol. The van der Waals surface area contributed by atoms with Gasteiger partial charge in [-0.2, -0.15) is 0 Å². The predicted molar refractivity (Wildman–Crippen MR) is 111 cm³/mol. The minimum absolute atomic E-state index is 0.0871. The van der Waals surface area contributed by atoms with E-state index in [4.69, 9.17) is 0 Å². The number of rotatable bonds is 9. The molecule has 0 unspecified atom stereocenters. The lowest BCUT2D eigenvalue weighted by Gasteiger charge is -2.31. The zero-order valence-electron chi connectivity index (χ0n) is 17.3. The summed E-state index contributed by atoms with van der Waals surface area (Å²) >= 11 is 0. The summed E-state index contributed by atoms with van der Waals surface area (Å²) in [6.07, 6.45) is 0.145. The Labute approximate surface area is 175 Å². The van der Waals surface area contributed by atoms with Crippen LogP contribution in [-0.2, 0) is 22.6 Å². The molecule has 2 amide bonds. The van der Waals surface area contributed by atoms with Crippen LogP contribution in [0.5, 0.6) is 0 Å². The maximum Gasteiger partial charge on any atom is 0.273 e. The summed E-state index contributed by atoms with van der Waals surface area (Å²) in [5.74, 6) is -1.12. The lowest BCUT2D eigenvalue weighted by molar-refractivity contribution is -0.385. The number of carbonyl (C=O) groups excluding carboxylic acids is 2. The van der Waals surface area contributed by atoms with Gasteiger partial charge in [-0.15, -0.1) is 0 Å². The minimum Gasteiger partial charge on any atom is -0.352 e. The highest BCUT2D eigenvalue weighted by molar-refractivity contribution is 5.89. The highest BCUT2D eigenvalue weighted by Gasteiger charge is 2.30. The Morgan fingerprint density at radius 3 is 2.33 bits per heavy atom. The molecule has 0 radical (unpaired) electrons. The number of nitrogens with one attached hydrogen (secondary N) is 1. The van der Waals surface area contributed by atoms with Crippen LogP contribution in [-0.4, -0.2) is 33.7 Å². The van der Waals surface area contributed by atoms with Crippen LogP contribution in [0.4, 0.5) is 10.1 Å². The zero-order chi connectivity index (χ0) is 22.3. The summed E-state index contributed by atoms with van der Waals surface area (Å²) in [6, 6.07) is 10.8. The van der Waals surface area contributed by atoms with Gasteiger partial charge in [0.25, 0.3) is 5.69 Å². The van der Waals surface area contributed by atoms with E-state index in [9.17, 15) is 24.1 Å². The monoisotopic (exact) mass is 415 g/mol. The van der Waals surface area contributed by atoms with Gasteiger partial charge in [-0.3, -0.25) is 19.7 Å². The molecule has 1 N–H and O–H groups in total. The molecule has 0 aliphatic carbocycles. The molecular formula is C22H26FN3O4. The van der Waals surface area contributed by atoms with Crippen LogP contribution in [0.2, 0.25) is 0 Å². The molecule has 0 heterocycles. The summed E-state index contributed by atoms with van der Waals surface area (Å²) in [6.45, 7) is 5.53. The summed E-state index contributed by atoms with van der Waals surface area (Å²) in [5.41, 5.74) is 0.783. The molecule has 0 aliphatic heterocycles. The highest BCUT2D eigenvalue weighted by atomic mass is 19.1. The van der Waals surface area contributed by atoms with Gasteiger partial charge in [-0.1, -0.05) is 37.3 Å². The van der Waals surface area contributed by atoms with Crippen molar-refractivity contribution in [1.82, 2.24) is 10.2 Å². The molecule has 1 atom stereocenters. The van der Waals surface area contributed by atoms with E-state index >= 15 is 0 Å². The second-order valence-corrected chi connectivity index (χ2v) is 7.30. The van der Waals surface area contributed by atoms with Crippen molar-refractivity contribution in [3.8, 4) is 0 Å². The number of amides is 2. The summed E-state index contributed by atoms with van der Waals surface area (Å²) in [5, 5.41) is 14.1. The fourth-order valence-corrected chi connectivity index (χ4v) is 3.19. The standard InChI is InChI=1S/C22H26FN3O4/c1-4-19(22(28)24-15(2)3)25(14-16-9-11-18(23)12-10-16)21(27)13-17-7-5-6-8-20(17)26(29)30/h5-12,15,19H,4,13-14H2,1-3H3,(H,24,28)/t19-/m0/s1. The van der Waals surface area contributed by atoms with Gasteiger partial charge in [0.15, 0.2) is 0 Å². The molecule has 2 aromatic rings. The minimum atomic E-state index is -0.757. The van der Waals surface area contributed by atoms with E-state index in [1.165, 1.54) is 35.2 Å². The average Bonchev–Trinajstić information content (AvgIpc) is 2.69. The van der Waals surface area contributed by atoms with Gasteiger partial charge in [-0.05, 0) is 38.0 Å². The molecule has 160 valence electrons. The number of nitro groups is 1. The summed E-state index contributed by atoms with van der Waals surface area (Å²) in [7, 11) is 0. The molecule has 0 fully saturated rings. The number of hydrogen-bond acceptors (Lipinski definition) is 4. The molecule has 0 spiro atoms. The van der Waals surface area contributed by atoms with Gasteiger partial charge in [0.1, 0.15) is 11.9 Å². The Hall–Kier alpha value is -3.29. The van der Waals surface area contributed by atoms with E-state index < -0.39 is 22.7 Å². The van der Waals surface area contributed by atoms with Crippen LogP contribution in [0, 0.1) is 15.9 Å². The van der Waals surface area contributed by atoms with E-state index in [0.29, 0.717) is 12.0 Å². The quantitative estimate of drug-likeness (QED) is 0.500. The van der Waals surface area contributed by atoms with Gasteiger partial charge in [0.05, 0.1) is 11.3 Å². The molecule has 0 aliphatic rings. The van der Waals surface area contributed by atoms with Crippen LogP contribution in [0.3, 0.4) is 0 Å². The largest absolute Gasteiger partial charge is 0.352 e. The molecule has 0 saturated carbocycles. The number of para-hydroxylation sites is 1. The molecule has 2 aromatic carbocycles. The lowest BCUT2D eigenvalue weighted by atomic mass is 10.1. The Morgan fingerprint density at radius 2 is 1.77 bits per heavy atom. The Morgan fingerprint density at radius 1 is 1.13 bits per heavy atom. The van der Waals surface area contributed by atoms with Crippen LogP contribution in [0.25, 0.3) is 0 Å². The maximum absolute atomic E-state index is 13.3. The third kappa shape index (κ3) is 6.10. The van der Waals surface area contributed by atoms with E-state index in [-0.39, 0.29) is 36.2 Å². The Bertz CT molecular complexity index is 900. The normalized spacial score (nSPS) is 11.8. The SMILES string of the molecule is CC[C@@H](C(=O)NC(C)C)N(Cc1ccc(F)cc1)C(=O)Cc1ccccc1[N+](=O)[O-]. The van der Waals surface area contributed by atoms with Crippen LogP contribution < -0.4 is 5.32 Å². The van der Waals surface area contributed by atoms with E-state index in [0.717, 1.165) is 0 Å². The lowest BCUT2D eigenvalue weighted by Crippen LogP contribution is -2.50. The third-order valence-electron chi connectivity index (χ3n) is 4.61. The van der Waals surface area contributed by atoms with Crippen molar-refractivity contribution in [3.05, 3.63) is 75.6 Å². The number of hydrogen-bond donors (Lipinski definition) is 1. The molecule has 8 heteroatoms. The van der Waals surface area contributed by atoms with E-state index in [1.807, 2.05) is 13.8 Å². The smallest absolute Gasteiger partial charge is 0.273 e. The van der Waals surface area contributed by atoms with E-state index in [2.05, 4.69) is 5.32 Å². The van der Waals surface area contributed by atoms with Gasteiger partial charge in [0.2, 0.25) is 11.8 Å². The maximum atomic E-state index is 13.3. The molecule has 0 bridgehead atoms. The number of nitro benzene ring substituents is 1. The number of benzene rings is 2. The molecule has 30 heavy (non-hydrogen) atoms. The van der Waals surface area contributed by atoms with Crippen LogP contribution in [0.1, 0.15) is 38.3 Å². The first-order valence-electron chi connectivity index (χ1n) is 9.79.